The lowest BCUT2D eigenvalue weighted by Crippen LogP contribution is -2.22. The zero-order valence-corrected chi connectivity index (χ0v) is 16.8. The molecule has 0 fully saturated rings. The molecule has 0 atom stereocenters. The molecule has 4 rings (SSSR count). The van der Waals surface area contributed by atoms with Gasteiger partial charge in [-0.1, -0.05) is 24.3 Å². The quantitative estimate of drug-likeness (QED) is 0.465. The topological polar surface area (TPSA) is 107 Å². The molecule has 0 radical (unpaired) electrons. The van der Waals surface area contributed by atoms with Gasteiger partial charge in [0, 0.05) is 37.2 Å². The number of halogens is 3. The van der Waals surface area contributed by atoms with E-state index in [9.17, 15) is 18.0 Å². The molecule has 0 aliphatic carbocycles. The summed E-state index contributed by atoms with van der Waals surface area (Å²) in [5, 5.41) is 10.0. The van der Waals surface area contributed by atoms with E-state index in [0.29, 0.717) is 35.9 Å². The van der Waals surface area contributed by atoms with E-state index in [1.54, 1.807) is 36.4 Å². The fraction of sp³-hybridized carbons (Fsp3) is 0.250. The van der Waals surface area contributed by atoms with Crippen LogP contribution in [0.25, 0.3) is 17.0 Å². The van der Waals surface area contributed by atoms with Crippen LogP contribution in [-0.2, 0) is 23.9 Å². The molecule has 3 heterocycles. The SMILES string of the molecule is COc1cc(CCC(=O)NCc2ccc(-c3ccnc4nc(C(F)(F)F)nn34)cc2)on1. The number of carbonyl (C=O) groups is 1. The number of aromatic nitrogens is 5. The Kier molecular flexibility index (Phi) is 5.75. The molecule has 0 saturated heterocycles. The largest absolute Gasteiger partial charge is 0.479 e. The lowest BCUT2D eigenvalue weighted by Gasteiger charge is -2.07. The predicted octanol–water partition coefficient (Wildman–Crippen LogP) is 3.06. The van der Waals surface area contributed by atoms with Gasteiger partial charge in [-0.25, -0.2) is 4.98 Å². The summed E-state index contributed by atoms with van der Waals surface area (Å²) in [7, 11) is 1.47. The molecule has 0 aliphatic rings. The molecule has 1 amide bonds. The van der Waals surface area contributed by atoms with Crippen molar-refractivity contribution in [3.63, 3.8) is 0 Å². The summed E-state index contributed by atoms with van der Waals surface area (Å²) < 4.78 is 49.8. The van der Waals surface area contributed by atoms with E-state index in [-0.39, 0.29) is 18.1 Å². The first-order valence-corrected chi connectivity index (χ1v) is 9.48. The fourth-order valence-corrected chi connectivity index (χ4v) is 2.96. The van der Waals surface area contributed by atoms with Crippen molar-refractivity contribution in [1.82, 2.24) is 30.1 Å². The number of ether oxygens (including phenoxy) is 1. The van der Waals surface area contributed by atoms with E-state index in [2.05, 4.69) is 25.5 Å². The van der Waals surface area contributed by atoms with Crippen molar-refractivity contribution >= 4 is 11.7 Å². The van der Waals surface area contributed by atoms with Gasteiger partial charge in [-0.2, -0.15) is 22.7 Å². The Labute approximate surface area is 179 Å². The molecule has 4 aromatic rings. The Morgan fingerprint density at radius 1 is 1.22 bits per heavy atom. The molecule has 0 bridgehead atoms. The van der Waals surface area contributed by atoms with Gasteiger partial charge in [0.05, 0.1) is 12.8 Å². The van der Waals surface area contributed by atoms with Gasteiger partial charge >= 0.3 is 6.18 Å². The number of carbonyl (C=O) groups excluding carboxylic acids is 1. The van der Waals surface area contributed by atoms with Crippen LogP contribution in [0.15, 0.2) is 47.1 Å². The maximum Gasteiger partial charge on any atom is 0.453 e. The van der Waals surface area contributed by atoms with E-state index in [4.69, 9.17) is 9.26 Å². The van der Waals surface area contributed by atoms with Gasteiger partial charge in [0.2, 0.25) is 5.91 Å². The molecule has 9 nitrogen and oxygen atoms in total. The maximum atomic E-state index is 12.9. The Balaban J connectivity index is 1.39. The van der Waals surface area contributed by atoms with Crippen molar-refractivity contribution in [1.29, 1.82) is 0 Å². The summed E-state index contributed by atoms with van der Waals surface area (Å²) in [5.74, 6) is -0.655. The van der Waals surface area contributed by atoms with Crippen LogP contribution in [0.5, 0.6) is 5.88 Å². The van der Waals surface area contributed by atoms with E-state index < -0.39 is 12.0 Å². The van der Waals surface area contributed by atoms with E-state index >= 15 is 0 Å². The van der Waals surface area contributed by atoms with E-state index in [1.807, 2.05) is 0 Å². The highest BCUT2D eigenvalue weighted by Gasteiger charge is 2.36. The number of rotatable bonds is 7. The average Bonchev–Trinajstić information content (AvgIpc) is 3.43. The molecule has 0 spiro atoms. The second kappa shape index (κ2) is 8.65. The van der Waals surface area contributed by atoms with Crippen molar-refractivity contribution < 1.29 is 27.2 Å². The van der Waals surface area contributed by atoms with Gasteiger partial charge in [0.25, 0.3) is 17.5 Å². The van der Waals surface area contributed by atoms with E-state index in [0.717, 1.165) is 10.1 Å². The molecule has 0 saturated carbocycles. The van der Waals surface area contributed by atoms with Gasteiger partial charge in [-0.3, -0.25) is 4.79 Å². The second-order valence-electron chi connectivity index (χ2n) is 6.78. The Bertz CT molecular complexity index is 1230. The highest BCUT2D eigenvalue weighted by Crippen LogP contribution is 2.28. The molecular weight excluding hydrogens is 429 g/mol. The van der Waals surface area contributed by atoms with Crippen LogP contribution < -0.4 is 10.1 Å². The second-order valence-corrected chi connectivity index (χ2v) is 6.78. The summed E-state index contributed by atoms with van der Waals surface area (Å²) >= 11 is 0. The number of benzene rings is 1. The van der Waals surface area contributed by atoms with Crippen molar-refractivity contribution in [2.45, 2.75) is 25.6 Å². The third kappa shape index (κ3) is 4.68. The summed E-state index contributed by atoms with van der Waals surface area (Å²) in [6.07, 6.45) is -2.68. The Morgan fingerprint density at radius 2 is 2.00 bits per heavy atom. The number of nitrogens with one attached hydrogen (secondary N) is 1. The minimum absolute atomic E-state index is 0.143. The minimum atomic E-state index is -4.66. The molecule has 32 heavy (non-hydrogen) atoms. The van der Waals surface area contributed by atoms with Gasteiger partial charge in [0.1, 0.15) is 5.76 Å². The van der Waals surface area contributed by atoms with Crippen molar-refractivity contribution in [3.05, 3.63) is 59.7 Å². The number of methoxy groups -OCH3 is 1. The molecule has 1 aromatic carbocycles. The lowest BCUT2D eigenvalue weighted by atomic mass is 10.1. The van der Waals surface area contributed by atoms with Crippen molar-refractivity contribution in [2.24, 2.45) is 0 Å². The fourth-order valence-electron chi connectivity index (χ4n) is 2.96. The first-order valence-electron chi connectivity index (χ1n) is 9.48. The van der Waals surface area contributed by atoms with Gasteiger partial charge < -0.3 is 14.6 Å². The standard InChI is InChI=1S/C20H17F3N6O3/c1-31-17-10-14(32-28-17)6-7-16(30)25-11-12-2-4-13(5-3-12)15-8-9-24-19-26-18(20(21,22)23)27-29(15)19/h2-5,8-10H,6-7,11H2,1H3,(H,25,30). The molecule has 0 aliphatic heterocycles. The van der Waals surface area contributed by atoms with Crippen LogP contribution in [0, 0.1) is 0 Å². The highest BCUT2D eigenvalue weighted by atomic mass is 19.4. The number of fused-ring (bicyclic) bond motifs is 1. The van der Waals surface area contributed by atoms with Gasteiger partial charge in [-0.05, 0) is 16.8 Å². The smallest absolute Gasteiger partial charge is 0.453 e. The monoisotopic (exact) mass is 446 g/mol. The highest BCUT2D eigenvalue weighted by molar-refractivity contribution is 5.76. The number of amides is 1. The van der Waals surface area contributed by atoms with Crippen LogP contribution in [0.1, 0.15) is 23.6 Å². The van der Waals surface area contributed by atoms with Crippen molar-refractivity contribution in [2.75, 3.05) is 7.11 Å². The Morgan fingerprint density at radius 3 is 2.69 bits per heavy atom. The average molecular weight is 446 g/mol. The van der Waals surface area contributed by atoms with Crippen molar-refractivity contribution in [3.8, 4) is 17.1 Å². The number of alkyl halides is 3. The molecule has 0 unspecified atom stereocenters. The molecule has 1 N–H and O–H groups in total. The number of nitrogens with zero attached hydrogens (tertiary/aromatic N) is 5. The van der Waals surface area contributed by atoms with Gasteiger partial charge in [0.15, 0.2) is 0 Å². The van der Waals surface area contributed by atoms with E-state index in [1.165, 1.54) is 13.3 Å². The van der Waals surface area contributed by atoms with Crippen LogP contribution in [0.2, 0.25) is 0 Å². The Hall–Kier alpha value is -3.96. The number of aryl methyl sites for hydroxylation is 1. The zero-order valence-electron chi connectivity index (χ0n) is 16.8. The molecule has 12 heteroatoms. The third-order valence-electron chi connectivity index (χ3n) is 4.58. The molecular formula is C20H17F3N6O3. The predicted molar refractivity (Wildman–Crippen MR) is 104 cm³/mol. The number of hydrogen-bond acceptors (Lipinski definition) is 7. The van der Waals surface area contributed by atoms with Crippen LogP contribution >= 0.6 is 0 Å². The van der Waals surface area contributed by atoms with Crippen LogP contribution in [-0.4, -0.2) is 37.8 Å². The molecule has 166 valence electrons. The first-order chi connectivity index (χ1) is 15.3. The van der Waals surface area contributed by atoms with Gasteiger partial charge in [-0.15, -0.1) is 5.10 Å². The minimum Gasteiger partial charge on any atom is -0.479 e. The number of hydrogen-bond donors (Lipinski definition) is 1. The summed E-state index contributed by atoms with van der Waals surface area (Å²) in [4.78, 5) is 19.3. The summed E-state index contributed by atoms with van der Waals surface area (Å²) in [6, 6.07) is 10.2. The summed E-state index contributed by atoms with van der Waals surface area (Å²) in [5.41, 5.74) is 1.87. The summed E-state index contributed by atoms with van der Waals surface area (Å²) in [6.45, 7) is 0.298. The van der Waals surface area contributed by atoms with Crippen LogP contribution in [0.3, 0.4) is 0 Å². The van der Waals surface area contributed by atoms with Crippen LogP contribution in [0.4, 0.5) is 13.2 Å². The normalized spacial score (nSPS) is 11.6. The zero-order chi connectivity index (χ0) is 22.7. The first kappa shape index (κ1) is 21.3. The third-order valence-corrected chi connectivity index (χ3v) is 4.58. The lowest BCUT2D eigenvalue weighted by molar-refractivity contribution is -0.144. The molecule has 3 aromatic heterocycles. The maximum absolute atomic E-state index is 12.9.